The molecule has 392 valence electrons. The van der Waals surface area contributed by atoms with Crippen molar-refractivity contribution < 1.29 is 37.3 Å². The Morgan fingerprint density at radius 1 is 0.463 bits per heavy atom. The number of allylic oxidation sites excluding steroid dienone is 10. The van der Waals surface area contributed by atoms with Crippen LogP contribution in [-0.4, -0.2) is 70.7 Å². The third kappa shape index (κ3) is 55.0. The second-order valence-electron chi connectivity index (χ2n) is 19.9. The molecule has 0 spiro atoms. The molecule has 0 heterocycles. The van der Waals surface area contributed by atoms with Gasteiger partial charge >= 0.3 is 5.97 Å². The molecule has 0 saturated heterocycles. The minimum Gasteiger partial charge on any atom is -0.756 e. The highest BCUT2D eigenvalue weighted by Gasteiger charge is 2.20. The summed E-state index contributed by atoms with van der Waals surface area (Å²) in [6.07, 6.45) is 65.3. The number of likely N-dealkylation sites (N-methyl/N-ethyl adjacent to an activating group) is 1. The van der Waals surface area contributed by atoms with Crippen LogP contribution in [0.2, 0.25) is 0 Å². The second-order valence-corrected chi connectivity index (χ2v) is 21.3. The van der Waals surface area contributed by atoms with Crippen LogP contribution in [0, 0.1) is 0 Å². The van der Waals surface area contributed by atoms with Gasteiger partial charge in [0.2, 0.25) is 0 Å². The lowest BCUT2D eigenvalue weighted by atomic mass is 10.0. The lowest BCUT2D eigenvalue weighted by Gasteiger charge is -2.28. The molecule has 0 aromatic heterocycles. The van der Waals surface area contributed by atoms with Gasteiger partial charge in [-0.1, -0.05) is 216 Å². The Bertz CT molecular complexity index is 1260. The van der Waals surface area contributed by atoms with E-state index in [0.717, 1.165) is 51.4 Å². The zero-order chi connectivity index (χ0) is 49.0. The van der Waals surface area contributed by atoms with Crippen LogP contribution >= 0.6 is 7.82 Å². The molecule has 0 aliphatic heterocycles. The summed E-state index contributed by atoms with van der Waals surface area (Å²) in [6, 6.07) is 0. The fourth-order valence-corrected chi connectivity index (χ4v) is 8.43. The van der Waals surface area contributed by atoms with Crippen molar-refractivity contribution in [3.8, 4) is 0 Å². The molecule has 8 nitrogen and oxygen atoms in total. The summed E-state index contributed by atoms with van der Waals surface area (Å²) in [5, 5.41) is 0. The second kappa shape index (κ2) is 50.6. The van der Waals surface area contributed by atoms with Gasteiger partial charge in [-0.25, -0.2) is 0 Å². The van der Waals surface area contributed by atoms with E-state index >= 15 is 0 Å². The Balaban J connectivity index is 4.11. The van der Waals surface area contributed by atoms with E-state index in [4.69, 9.17) is 18.5 Å². The summed E-state index contributed by atoms with van der Waals surface area (Å²) in [5.41, 5.74) is 0. The Morgan fingerprint density at radius 3 is 1.25 bits per heavy atom. The molecule has 0 radical (unpaired) electrons. The van der Waals surface area contributed by atoms with Gasteiger partial charge in [-0.2, -0.15) is 0 Å². The maximum absolute atomic E-state index is 12.8. The quantitative estimate of drug-likeness (QED) is 0.0197. The Hall–Kier alpha value is -1.80. The van der Waals surface area contributed by atoms with Gasteiger partial charge in [0, 0.05) is 13.0 Å². The smallest absolute Gasteiger partial charge is 0.306 e. The van der Waals surface area contributed by atoms with E-state index in [1.54, 1.807) is 0 Å². The number of hydrogen-bond donors (Lipinski definition) is 0. The lowest BCUT2D eigenvalue weighted by Crippen LogP contribution is -2.37. The van der Waals surface area contributed by atoms with E-state index in [1.807, 2.05) is 21.1 Å². The summed E-state index contributed by atoms with van der Waals surface area (Å²) < 4.78 is 34.8. The van der Waals surface area contributed by atoms with Gasteiger partial charge < -0.3 is 27.9 Å². The van der Waals surface area contributed by atoms with E-state index in [0.29, 0.717) is 24.1 Å². The number of rotatable bonds is 52. The largest absolute Gasteiger partial charge is 0.756 e. The van der Waals surface area contributed by atoms with Gasteiger partial charge in [0.1, 0.15) is 19.3 Å². The minimum atomic E-state index is -4.54. The first-order valence-electron chi connectivity index (χ1n) is 28.0. The molecule has 0 aliphatic rings. The highest BCUT2D eigenvalue weighted by atomic mass is 31.2. The summed E-state index contributed by atoms with van der Waals surface area (Å²) in [4.78, 5) is 25.2. The standard InChI is InChI=1S/C58H108NO7P/c1-6-8-10-12-14-16-18-20-22-24-26-28-29-30-31-32-33-35-37-39-41-43-45-47-49-51-58(60)66-57(56-65-67(61,62)64-54-52-59(3,4)5)55-63-53-50-48-46-44-42-40-38-36-34-27-25-23-21-19-17-15-13-11-9-7-2/h15,17-18,20-21,23-24,26,29-30,57H,6-14,16,19,22,25,27-28,31-56H2,1-5H3/b17-15-,20-18-,23-21-,26-24-,30-29-. The summed E-state index contributed by atoms with van der Waals surface area (Å²) in [6.45, 7) is 5.39. The average molecular weight is 962 g/mol. The Labute approximate surface area is 415 Å². The zero-order valence-electron chi connectivity index (χ0n) is 44.6. The van der Waals surface area contributed by atoms with Crippen molar-refractivity contribution in [1.29, 1.82) is 0 Å². The molecule has 0 fully saturated rings. The van der Waals surface area contributed by atoms with E-state index in [2.05, 4.69) is 74.6 Å². The van der Waals surface area contributed by atoms with Gasteiger partial charge in [0.25, 0.3) is 7.82 Å². The predicted octanol–water partition coefficient (Wildman–Crippen LogP) is 17.0. The Morgan fingerprint density at radius 2 is 0.821 bits per heavy atom. The lowest BCUT2D eigenvalue weighted by molar-refractivity contribution is -0.870. The van der Waals surface area contributed by atoms with Gasteiger partial charge in [0.15, 0.2) is 0 Å². The first-order valence-corrected chi connectivity index (χ1v) is 29.5. The van der Waals surface area contributed by atoms with Crippen molar-refractivity contribution in [3.63, 3.8) is 0 Å². The highest BCUT2D eigenvalue weighted by molar-refractivity contribution is 7.45. The normalized spacial score (nSPS) is 13.9. The Kier molecular flexibility index (Phi) is 49.2. The number of quaternary nitrogens is 1. The molecule has 0 bridgehead atoms. The molecule has 0 aromatic rings. The van der Waals surface area contributed by atoms with Crippen molar-refractivity contribution in [3.05, 3.63) is 60.8 Å². The molecule has 9 heteroatoms. The van der Waals surface area contributed by atoms with Gasteiger partial charge in [0.05, 0.1) is 34.4 Å². The topological polar surface area (TPSA) is 94.1 Å². The average Bonchev–Trinajstić information content (AvgIpc) is 3.29. The van der Waals surface area contributed by atoms with Crippen molar-refractivity contribution in [2.75, 3.05) is 54.1 Å². The number of hydrogen-bond acceptors (Lipinski definition) is 7. The van der Waals surface area contributed by atoms with E-state index < -0.39 is 13.9 Å². The third-order valence-corrected chi connectivity index (χ3v) is 13.0. The number of carbonyl (C=O) groups excluding carboxylic acids is 1. The molecule has 2 unspecified atom stereocenters. The number of carbonyl (C=O) groups is 1. The number of nitrogens with zero attached hydrogens (tertiary/aromatic N) is 1. The van der Waals surface area contributed by atoms with Crippen LogP contribution in [0.5, 0.6) is 0 Å². The molecule has 67 heavy (non-hydrogen) atoms. The first kappa shape index (κ1) is 65.2. The maximum Gasteiger partial charge on any atom is 0.306 e. The molecule has 0 rings (SSSR count). The number of ether oxygens (including phenoxy) is 2. The molecule has 0 aromatic carbocycles. The number of phosphoric ester groups is 1. The molecular formula is C58H108NO7P. The molecule has 2 atom stereocenters. The zero-order valence-corrected chi connectivity index (χ0v) is 45.5. The van der Waals surface area contributed by atoms with E-state index in [-0.39, 0.29) is 25.8 Å². The maximum atomic E-state index is 12.8. The summed E-state index contributed by atoms with van der Waals surface area (Å²) >= 11 is 0. The van der Waals surface area contributed by atoms with E-state index in [9.17, 15) is 14.3 Å². The van der Waals surface area contributed by atoms with Crippen LogP contribution in [0.25, 0.3) is 0 Å². The fraction of sp³-hybridized carbons (Fsp3) is 0.810. The van der Waals surface area contributed by atoms with Crippen LogP contribution in [0.15, 0.2) is 60.8 Å². The van der Waals surface area contributed by atoms with Crippen LogP contribution in [0.1, 0.15) is 245 Å². The van der Waals surface area contributed by atoms with Crippen LogP contribution in [-0.2, 0) is 27.9 Å². The van der Waals surface area contributed by atoms with Gasteiger partial charge in [-0.3, -0.25) is 9.36 Å². The number of unbranched alkanes of at least 4 members (excludes halogenated alkanes) is 28. The summed E-state index contributed by atoms with van der Waals surface area (Å²) in [7, 11) is 1.35. The van der Waals surface area contributed by atoms with Crippen LogP contribution < -0.4 is 4.89 Å². The minimum absolute atomic E-state index is 0.0230. The van der Waals surface area contributed by atoms with Crippen molar-refractivity contribution in [2.45, 2.75) is 251 Å². The van der Waals surface area contributed by atoms with Gasteiger partial charge in [-0.05, 0) is 83.5 Å². The molecule has 0 saturated carbocycles. The SMILES string of the molecule is CCCCC/C=C\C/C=C\CCCCCCCCCCCCOCC(COP(=O)([O-])OCC[N+](C)(C)C)OC(=O)CCCCCCCCCCCC/C=C\C/C=C\C/C=C\CCCCCCC. The van der Waals surface area contributed by atoms with E-state index in [1.165, 1.54) is 173 Å². The van der Waals surface area contributed by atoms with Crippen molar-refractivity contribution in [2.24, 2.45) is 0 Å². The van der Waals surface area contributed by atoms with Crippen molar-refractivity contribution >= 4 is 13.8 Å². The number of phosphoric acid groups is 1. The number of esters is 1. The predicted molar refractivity (Wildman–Crippen MR) is 286 cm³/mol. The third-order valence-electron chi connectivity index (χ3n) is 12.0. The van der Waals surface area contributed by atoms with Crippen molar-refractivity contribution in [1.82, 2.24) is 0 Å². The monoisotopic (exact) mass is 962 g/mol. The molecule has 0 amide bonds. The first-order chi connectivity index (χ1) is 32.6. The van der Waals surface area contributed by atoms with Crippen LogP contribution in [0.4, 0.5) is 0 Å². The molecular weight excluding hydrogens is 854 g/mol. The fourth-order valence-electron chi connectivity index (χ4n) is 7.70. The van der Waals surface area contributed by atoms with Gasteiger partial charge in [-0.15, -0.1) is 0 Å². The molecule has 0 aliphatic carbocycles. The van der Waals surface area contributed by atoms with Crippen LogP contribution in [0.3, 0.4) is 0 Å². The molecule has 0 N–H and O–H groups in total. The summed E-state index contributed by atoms with van der Waals surface area (Å²) in [5.74, 6) is -0.338. The highest BCUT2D eigenvalue weighted by Crippen LogP contribution is 2.38.